The molecule has 0 atom stereocenters. The van der Waals surface area contributed by atoms with E-state index in [0.29, 0.717) is 4.64 Å². The third-order valence-corrected chi connectivity index (χ3v) is 1.55. The molecule has 0 saturated carbocycles. The van der Waals surface area contributed by atoms with Gasteiger partial charge in [0.15, 0.2) is 10.3 Å². The van der Waals surface area contributed by atoms with E-state index < -0.39 is 0 Å². The van der Waals surface area contributed by atoms with E-state index >= 15 is 0 Å². The van der Waals surface area contributed by atoms with E-state index in [1.165, 1.54) is 6.33 Å². The number of aromatic nitrogens is 4. The number of hydrogen-bond donors (Lipinski definition) is 2. The summed E-state index contributed by atoms with van der Waals surface area (Å²) >= 11 is 4.91. The van der Waals surface area contributed by atoms with Gasteiger partial charge in [0.25, 0.3) is 0 Å². The maximum absolute atomic E-state index is 4.91. The molecule has 0 aliphatic heterocycles. The van der Waals surface area contributed by atoms with Crippen molar-refractivity contribution in [1.82, 2.24) is 19.9 Å². The standard InChI is InChI=1S/C5H4N4S.Na/c10-5-3-4(7-1-6-3)8-2-9-5;/h1-2H,(H2,6,7,8,9,10);/q;+1. The van der Waals surface area contributed by atoms with Gasteiger partial charge in [-0.05, 0) is 0 Å². The fraction of sp³-hybridized carbons (Fsp3) is 0. The Labute approximate surface area is 89.8 Å². The van der Waals surface area contributed by atoms with Crippen molar-refractivity contribution < 1.29 is 29.6 Å². The van der Waals surface area contributed by atoms with Crippen LogP contribution in [0.4, 0.5) is 0 Å². The molecule has 2 heterocycles. The van der Waals surface area contributed by atoms with E-state index in [2.05, 4.69) is 19.9 Å². The van der Waals surface area contributed by atoms with Gasteiger partial charge >= 0.3 is 29.6 Å². The molecule has 2 aromatic rings. The molecule has 0 amide bonds. The van der Waals surface area contributed by atoms with Crippen molar-refractivity contribution in [2.24, 2.45) is 0 Å². The Kier molecular flexibility index (Phi) is 2.78. The Morgan fingerprint density at radius 3 is 2.64 bits per heavy atom. The average Bonchev–Trinajstić information content (AvgIpc) is 2.36. The third kappa shape index (κ3) is 1.51. The average molecular weight is 175 g/mol. The predicted molar refractivity (Wildman–Crippen MR) is 39.1 cm³/mol. The Morgan fingerprint density at radius 2 is 1.91 bits per heavy atom. The van der Waals surface area contributed by atoms with Crippen LogP contribution in [0.2, 0.25) is 0 Å². The van der Waals surface area contributed by atoms with Gasteiger partial charge in [0, 0.05) is 0 Å². The fourth-order valence-corrected chi connectivity index (χ4v) is 0.992. The van der Waals surface area contributed by atoms with Crippen molar-refractivity contribution >= 4 is 23.4 Å². The summed E-state index contributed by atoms with van der Waals surface area (Å²) in [5, 5.41) is 0. The van der Waals surface area contributed by atoms with Crippen molar-refractivity contribution in [3.05, 3.63) is 17.3 Å². The third-order valence-electron chi connectivity index (χ3n) is 1.24. The van der Waals surface area contributed by atoms with Gasteiger partial charge in [0.1, 0.15) is 5.52 Å². The molecule has 0 unspecified atom stereocenters. The molecule has 4 nitrogen and oxygen atoms in total. The first-order valence-corrected chi connectivity index (χ1v) is 3.15. The van der Waals surface area contributed by atoms with Gasteiger partial charge in [0.2, 0.25) is 0 Å². The number of nitrogens with one attached hydrogen (secondary N) is 2. The number of hydrogen-bond acceptors (Lipinski definition) is 3. The molecule has 2 N–H and O–H groups in total. The second-order valence-electron chi connectivity index (χ2n) is 1.83. The molecule has 11 heavy (non-hydrogen) atoms. The maximum Gasteiger partial charge on any atom is 1.00 e. The second-order valence-corrected chi connectivity index (χ2v) is 2.22. The van der Waals surface area contributed by atoms with Gasteiger partial charge in [-0.1, -0.05) is 12.2 Å². The van der Waals surface area contributed by atoms with Gasteiger partial charge in [0.05, 0.1) is 12.7 Å². The van der Waals surface area contributed by atoms with E-state index in [0.717, 1.165) is 11.2 Å². The predicted octanol–water partition coefficient (Wildman–Crippen LogP) is -1.98. The number of imidazole rings is 1. The number of fused-ring (bicyclic) bond motifs is 1. The Morgan fingerprint density at radius 1 is 1.18 bits per heavy atom. The van der Waals surface area contributed by atoms with Crippen LogP contribution in [0.5, 0.6) is 0 Å². The van der Waals surface area contributed by atoms with E-state index in [1.807, 2.05) is 0 Å². The molecule has 50 valence electrons. The summed E-state index contributed by atoms with van der Waals surface area (Å²) in [4.78, 5) is 13.6. The summed E-state index contributed by atoms with van der Waals surface area (Å²) in [5.41, 5.74) is 1.54. The summed E-state index contributed by atoms with van der Waals surface area (Å²) in [6, 6.07) is 0. The zero-order valence-corrected chi connectivity index (χ0v) is 8.77. The van der Waals surface area contributed by atoms with E-state index in [1.54, 1.807) is 6.33 Å². The molecule has 0 aliphatic rings. The number of nitrogens with zero attached hydrogens (tertiary/aromatic N) is 2. The zero-order valence-electron chi connectivity index (χ0n) is 5.96. The first-order chi connectivity index (χ1) is 4.88. The van der Waals surface area contributed by atoms with Crippen LogP contribution in [0, 0.1) is 4.64 Å². The van der Waals surface area contributed by atoms with Crippen LogP contribution < -0.4 is 29.6 Å². The van der Waals surface area contributed by atoms with E-state index in [-0.39, 0.29) is 29.6 Å². The molecule has 0 aromatic carbocycles. The van der Waals surface area contributed by atoms with E-state index in [9.17, 15) is 0 Å². The van der Waals surface area contributed by atoms with Gasteiger partial charge in [-0.3, -0.25) is 0 Å². The van der Waals surface area contributed by atoms with Crippen molar-refractivity contribution in [2.45, 2.75) is 0 Å². The van der Waals surface area contributed by atoms with Crippen molar-refractivity contribution in [2.75, 3.05) is 0 Å². The minimum absolute atomic E-state index is 0. The van der Waals surface area contributed by atoms with E-state index in [4.69, 9.17) is 12.2 Å². The van der Waals surface area contributed by atoms with Crippen molar-refractivity contribution in [1.29, 1.82) is 0 Å². The van der Waals surface area contributed by atoms with Crippen LogP contribution in [0.1, 0.15) is 0 Å². The van der Waals surface area contributed by atoms with Crippen LogP contribution >= 0.6 is 12.2 Å². The summed E-state index contributed by atoms with van der Waals surface area (Å²) in [5.74, 6) is 0. The number of aromatic amines is 2. The molecular formula is C5H4N4NaS+. The molecule has 0 saturated heterocycles. The van der Waals surface area contributed by atoms with Crippen LogP contribution in [-0.4, -0.2) is 19.9 Å². The Hall–Kier alpha value is -0.230. The minimum atomic E-state index is 0. The summed E-state index contributed by atoms with van der Waals surface area (Å²) in [7, 11) is 0. The topological polar surface area (TPSA) is 57.4 Å². The smallest absolute Gasteiger partial charge is 0.341 e. The molecular weight excluding hydrogens is 171 g/mol. The fourth-order valence-electron chi connectivity index (χ4n) is 0.783. The van der Waals surface area contributed by atoms with Gasteiger partial charge in [-0.15, -0.1) is 0 Å². The van der Waals surface area contributed by atoms with Gasteiger partial charge < -0.3 is 9.97 Å². The molecule has 6 heteroatoms. The molecule has 0 aliphatic carbocycles. The Balaban J connectivity index is 0.000000605. The molecule has 0 fully saturated rings. The van der Waals surface area contributed by atoms with Crippen LogP contribution in [0.25, 0.3) is 11.2 Å². The summed E-state index contributed by atoms with van der Waals surface area (Å²) in [6.07, 6.45) is 3.12. The summed E-state index contributed by atoms with van der Waals surface area (Å²) < 4.78 is 0.547. The monoisotopic (exact) mass is 175 g/mol. The van der Waals surface area contributed by atoms with Crippen LogP contribution in [0.15, 0.2) is 12.7 Å². The van der Waals surface area contributed by atoms with Crippen LogP contribution in [0.3, 0.4) is 0 Å². The second kappa shape index (κ2) is 3.44. The first-order valence-electron chi connectivity index (χ1n) is 2.75. The zero-order chi connectivity index (χ0) is 6.97. The number of rotatable bonds is 0. The molecule has 0 spiro atoms. The molecule has 2 rings (SSSR count). The number of H-pyrrole nitrogens is 2. The van der Waals surface area contributed by atoms with Gasteiger partial charge in [-0.25, -0.2) is 9.97 Å². The van der Waals surface area contributed by atoms with Crippen molar-refractivity contribution in [3.8, 4) is 0 Å². The quantitative estimate of drug-likeness (QED) is 0.360. The molecule has 2 aromatic heterocycles. The normalized spacial score (nSPS) is 9.45. The first kappa shape index (κ1) is 8.86. The SMILES string of the molecule is S=c1nc[nH]c2nc[nH]c12.[Na+]. The summed E-state index contributed by atoms with van der Waals surface area (Å²) in [6.45, 7) is 0. The molecule has 0 radical (unpaired) electrons. The maximum atomic E-state index is 4.91. The largest absolute Gasteiger partial charge is 1.00 e. The minimum Gasteiger partial charge on any atom is -0.341 e. The van der Waals surface area contributed by atoms with Crippen molar-refractivity contribution in [3.63, 3.8) is 0 Å². The molecule has 0 bridgehead atoms. The van der Waals surface area contributed by atoms with Crippen LogP contribution in [-0.2, 0) is 0 Å². The Bertz CT molecular complexity index is 406. The van der Waals surface area contributed by atoms with Gasteiger partial charge in [-0.2, -0.15) is 0 Å².